The van der Waals surface area contributed by atoms with E-state index in [1.54, 1.807) is 12.4 Å². The van der Waals surface area contributed by atoms with Crippen LogP contribution in [-0.4, -0.2) is 16.5 Å². The van der Waals surface area contributed by atoms with E-state index in [1.807, 2.05) is 18.2 Å². The van der Waals surface area contributed by atoms with Gasteiger partial charge in [0.15, 0.2) is 0 Å². The number of nitrogens with zero attached hydrogens (tertiary/aromatic N) is 2. The van der Waals surface area contributed by atoms with E-state index in [1.165, 1.54) is 5.56 Å². The second-order valence-electron chi connectivity index (χ2n) is 5.50. The third-order valence-corrected chi connectivity index (χ3v) is 3.08. The molecule has 112 valence electrons. The molecule has 0 aliphatic rings. The van der Waals surface area contributed by atoms with Gasteiger partial charge >= 0.3 is 6.01 Å². The van der Waals surface area contributed by atoms with E-state index in [2.05, 4.69) is 42.1 Å². The predicted molar refractivity (Wildman–Crippen MR) is 84.5 cm³/mol. The molecule has 0 radical (unpaired) electrons. The third-order valence-electron chi connectivity index (χ3n) is 3.08. The number of rotatable bonds is 7. The van der Waals surface area contributed by atoms with Crippen molar-refractivity contribution in [1.29, 1.82) is 0 Å². The summed E-state index contributed by atoms with van der Waals surface area (Å²) in [7, 11) is 0. The van der Waals surface area contributed by atoms with E-state index >= 15 is 0 Å². The summed E-state index contributed by atoms with van der Waals surface area (Å²) >= 11 is 0. The number of aromatic nitrogens is 2. The lowest BCUT2D eigenvalue weighted by Crippen LogP contribution is -2.19. The van der Waals surface area contributed by atoms with Gasteiger partial charge in [-0.3, -0.25) is 0 Å². The number of ether oxygens (including phenoxy) is 1. The maximum Gasteiger partial charge on any atom is 0.321 e. The first-order chi connectivity index (χ1) is 10.2. The number of benzene rings is 1. The van der Waals surface area contributed by atoms with Crippen molar-refractivity contribution in [1.82, 2.24) is 15.3 Å². The SMILES string of the molecule is CCc1cccc(Oc2ncc(CNCC(C)C)cn2)c1. The van der Waals surface area contributed by atoms with Gasteiger partial charge in [-0.15, -0.1) is 0 Å². The minimum absolute atomic E-state index is 0.385. The third kappa shape index (κ3) is 5.16. The Labute approximate surface area is 126 Å². The summed E-state index contributed by atoms with van der Waals surface area (Å²) in [6.45, 7) is 8.26. The molecule has 0 spiro atoms. The Morgan fingerprint density at radius 2 is 1.90 bits per heavy atom. The Bertz CT molecular complexity index is 552. The van der Waals surface area contributed by atoms with Gasteiger partial charge in [-0.2, -0.15) is 0 Å². The van der Waals surface area contributed by atoms with Crippen LogP contribution < -0.4 is 10.1 Å². The molecule has 0 bridgehead atoms. The monoisotopic (exact) mass is 285 g/mol. The number of aryl methyl sites for hydroxylation is 1. The normalized spacial score (nSPS) is 10.9. The van der Waals surface area contributed by atoms with Crippen LogP contribution in [0.2, 0.25) is 0 Å². The van der Waals surface area contributed by atoms with Crippen LogP contribution >= 0.6 is 0 Å². The Morgan fingerprint density at radius 3 is 2.57 bits per heavy atom. The number of hydrogen-bond donors (Lipinski definition) is 1. The van der Waals surface area contributed by atoms with E-state index in [4.69, 9.17) is 4.74 Å². The lowest BCUT2D eigenvalue weighted by molar-refractivity contribution is 0.440. The molecule has 21 heavy (non-hydrogen) atoms. The van der Waals surface area contributed by atoms with Crippen molar-refractivity contribution in [2.45, 2.75) is 33.7 Å². The Balaban J connectivity index is 1.92. The van der Waals surface area contributed by atoms with Crippen LogP contribution in [0.3, 0.4) is 0 Å². The zero-order chi connectivity index (χ0) is 15.1. The highest BCUT2D eigenvalue weighted by atomic mass is 16.5. The largest absolute Gasteiger partial charge is 0.424 e. The molecule has 0 atom stereocenters. The Hall–Kier alpha value is -1.94. The molecule has 0 saturated heterocycles. The average Bonchev–Trinajstić information content (AvgIpc) is 2.49. The van der Waals surface area contributed by atoms with Gasteiger partial charge < -0.3 is 10.1 Å². The molecule has 1 aromatic carbocycles. The fraction of sp³-hybridized carbons (Fsp3) is 0.412. The first-order valence-electron chi connectivity index (χ1n) is 7.45. The first kappa shape index (κ1) is 15.4. The second-order valence-corrected chi connectivity index (χ2v) is 5.50. The summed E-state index contributed by atoms with van der Waals surface area (Å²) in [4.78, 5) is 8.51. The minimum Gasteiger partial charge on any atom is -0.424 e. The molecule has 0 fully saturated rings. The molecule has 2 rings (SSSR count). The molecule has 1 N–H and O–H groups in total. The molecule has 1 aromatic heterocycles. The highest BCUT2D eigenvalue weighted by molar-refractivity contribution is 5.30. The molecular formula is C17H23N3O. The van der Waals surface area contributed by atoms with Crippen LogP contribution in [0.5, 0.6) is 11.8 Å². The molecule has 4 nitrogen and oxygen atoms in total. The van der Waals surface area contributed by atoms with Crippen LogP contribution in [0.1, 0.15) is 31.9 Å². The summed E-state index contributed by atoms with van der Waals surface area (Å²) < 4.78 is 5.68. The zero-order valence-electron chi connectivity index (χ0n) is 13.0. The van der Waals surface area contributed by atoms with Crippen molar-refractivity contribution < 1.29 is 4.74 Å². The molecule has 0 unspecified atom stereocenters. The fourth-order valence-electron chi connectivity index (χ4n) is 1.93. The standard InChI is InChI=1S/C17H23N3O/c1-4-14-6-5-7-16(8-14)21-17-19-11-15(12-20-17)10-18-9-13(2)3/h5-8,11-13,18H,4,9-10H2,1-3H3. The van der Waals surface area contributed by atoms with E-state index < -0.39 is 0 Å². The maximum atomic E-state index is 5.68. The highest BCUT2D eigenvalue weighted by Crippen LogP contribution is 2.19. The van der Waals surface area contributed by atoms with Gasteiger partial charge in [0.1, 0.15) is 5.75 Å². The Kier molecular flexibility index (Phi) is 5.69. The fourth-order valence-corrected chi connectivity index (χ4v) is 1.93. The lowest BCUT2D eigenvalue weighted by atomic mass is 10.2. The first-order valence-corrected chi connectivity index (χ1v) is 7.45. The average molecular weight is 285 g/mol. The van der Waals surface area contributed by atoms with Crippen molar-refractivity contribution in [3.05, 3.63) is 47.8 Å². The summed E-state index contributed by atoms with van der Waals surface area (Å²) in [5, 5.41) is 3.36. The topological polar surface area (TPSA) is 47.0 Å². The smallest absolute Gasteiger partial charge is 0.321 e. The van der Waals surface area contributed by atoms with Gasteiger partial charge in [-0.25, -0.2) is 9.97 Å². The maximum absolute atomic E-state index is 5.68. The molecule has 0 aliphatic carbocycles. The van der Waals surface area contributed by atoms with Crippen LogP contribution in [0, 0.1) is 5.92 Å². The molecule has 0 saturated carbocycles. The van der Waals surface area contributed by atoms with Gasteiger partial charge in [-0.1, -0.05) is 32.9 Å². The summed E-state index contributed by atoms with van der Waals surface area (Å²) in [6.07, 6.45) is 4.59. The Morgan fingerprint density at radius 1 is 1.14 bits per heavy atom. The van der Waals surface area contributed by atoms with Gasteiger partial charge in [0.25, 0.3) is 0 Å². The van der Waals surface area contributed by atoms with Gasteiger partial charge in [0.2, 0.25) is 0 Å². The minimum atomic E-state index is 0.385. The van der Waals surface area contributed by atoms with Gasteiger partial charge in [0.05, 0.1) is 0 Å². The quantitative estimate of drug-likeness (QED) is 0.844. The number of hydrogen-bond acceptors (Lipinski definition) is 4. The summed E-state index contributed by atoms with van der Waals surface area (Å²) in [6, 6.07) is 8.38. The molecule has 0 amide bonds. The van der Waals surface area contributed by atoms with E-state index in [9.17, 15) is 0 Å². The highest BCUT2D eigenvalue weighted by Gasteiger charge is 2.02. The summed E-state index contributed by atoms with van der Waals surface area (Å²) in [5.41, 5.74) is 2.30. The van der Waals surface area contributed by atoms with E-state index in [-0.39, 0.29) is 0 Å². The molecule has 1 heterocycles. The molecule has 4 heteroatoms. The summed E-state index contributed by atoms with van der Waals surface area (Å²) in [5.74, 6) is 1.42. The molecule has 2 aromatic rings. The molecular weight excluding hydrogens is 262 g/mol. The van der Waals surface area contributed by atoms with E-state index in [0.29, 0.717) is 11.9 Å². The van der Waals surface area contributed by atoms with Crippen LogP contribution in [0.4, 0.5) is 0 Å². The van der Waals surface area contributed by atoms with Crippen molar-refractivity contribution in [3.63, 3.8) is 0 Å². The van der Waals surface area contributed by atoms with Crippen molar-refractivity contribution in [3.8, 4) is 11.8 Å². The lowest BCUT2D eigenvalue weighted by Gasteiger charge is -2.08. The number of nitrogens with one attached hydrogen (secondary N) is 1. The van der Waals surface area contributed by atoms with Gasteiger partial charge in [0, 0.05) is 24.5 Å². The van der Waals surface area contributed by atoms with Crippen LogP contribution in [-0.2, 0) is 13.0 Å². The van der Waals surface area contributed by atoms with E-state index in [0.717, 1.165) is 30.8 Å². The second kappa shape index (κ2) is 7.74. The van der Waals surface area contributed by atoms with Crippen molar-refractivity contribution >= 4 is 0 Å². The van der Waals surface area contributed by atoms with Crippen molar-refractivity contribution in [2.24, 2.45) is 5.92 Å². The van der Waals surface area contributed by atoms with Crippen LogP contribution in [0.15, 0.2) is 36.7 Å². The predicted octanol–water partition coefficient (Wildman–Crippen LogP) is 3.58. The van der Waals surface area contributed by atoms with Crippen LogP contribution in [0.25, 0.3) is 0 Å². The van der Waals surface area contributed by atoms with Gasteiger partial charge in [-0.05, 0) is 36.6 Å². The zero-order valence-corrected chi connectivity index (χ0v) is 13.0. The molecule has 0 aliphatic heterocycles. The van der Waals surface area contributed by atoms with Crippen molar-refractivity contribution in [2.75, 3.05) is 6.54 Å².